The molecule has 0 aromatic heterocycles. The van der Waals surface area contributed by atoms with E-state index in [1.165, 1.54) is 23.3 Å². The van der Waals surface area contributed by atoms with Gasteiger partial charge in [0.2, 0.25) is 0 Å². The van der Waals surface area contributed by atoms with Crippen molar-refractivity contribution in [3.63, 3.8) is 0 Å². The Hall–Kier alpha value is -3.55. The lowest BCUT2D eigenvalue weighted by Crippen LogP contribution is -2.37. The Kier molecular flexibility index (Phi) is 6.19. The molecule has 0 unspecified atom stereocenters. The maximum atomic E-state index is 12.5. The number of carbonyl (C=O) groups is 1. The number of alkyl halides is 2. The fraction of sp³-hybridized carbons (Fsp3) is 0.294. The molecule has 0 amide bonds. The number of methoxy groups -OCH3 is 1. The van der Waals surface area contributed by atoms with Crippen molar-refractivity contribution in [2.45, 2.75) is 13.2 Å². The van der Waals surface area contributed by atoms with Gasteiger partial charge in [-0.15, -0.1) is 4.40 Å². The van der Waals surface area contributed by atoms with Crippen molar-refractivity contribution in [2.75, 3.05) is 19.4 Å². The maximum Gasteiger partial charge on any atom is 0.387 e. The van der Waals surface area contributed by atoms with Crippen molar-refractivity contribution in [2.24, 2.45) is 4.40 Å². The number of ether oxygens (including phenoxy) is 3. The Morgan fingerprint density at radius 3 is 2.71 bits per heavy atom. The van der Waals surface area contributed by atoms with Gasteiger partial charge < -0.3 is 19.1 Å². The summed E-state index contributed by atoms with van der Waals surface area (Å²) in [5, 5.41) is 11.3. The first-order chi connectivity index (χ1) is 14.6. The fourth-order valence-electron chi connectivity index (χ4n) is 2.77. The van der Waals surface area contributed by atoms with Crippen molar-refractivity contribution in [3.05, 3.63) is 51.7 Å². The third-order valence-electron chi connectivity index (χ3n) is 4.20. The SMILES string of the molecule is COc1cc(COC(=O)C2=CN3CCS(=O)(=O)N=C3C=C2)c([N+](=O)[O-])cc1OC(F)F. The van der Waals surface area contributed by atoms with Crippen LogP contribution in [0.2, 0.25) is 0 Å². The molecule has 31 heavy (non-hydrogen) atoms. The summed E-state index contributed by atoms with van der Waals surface area (Å²) in [6.07, 6.45) is 3.98. The summed E-state index contributed by atoms with van der Waals surface area (Å²) in [5.74, 6) is -1.65. The number of rotatable bonds is 7. The lowest BCUT2D eigenvalue weighted by molar-refractivity contribution is -0.386. The maximum absolute atomic E-state index is 12.5. The average molecular weight is 459 g/mol. The highest BCUT2D eigenvalue weighted by atomic mass is 32.2. The summed E-state index contributed by atoms with van der Waals surface area (Å²) in [4.78, 5) is 24.3. The van der Waals surface area contributed by atoms with Gasteiger partial charge in [-0.2, -0.15) is 8.78 Å². The number of carbonyl (C=O) groups excluding carboxylic acids is 1. The number of benzene rings is 1. The van der Waals surface area contributed by atoms with E-state index in [-0.39, 0.29) is 35.0 Å². The normalized spacial score (nSPS) is 16.8. The van der Waals surface area contributed by atoms with Crippen LogP contribution < -0.4 is 9.47 Å². The molecule has 2 aliphatic heterocycles. The summed E-state index contributed by atoms with van der Waals surface area (Å²) in [7, 11) is -2.39. The zero-order valence-corrected chi connectivity index (χ0v) is 16.7. The number of sulfonamides is 1. The summed E-state index contributed by atoms with van der Waals surface area (Å²) in [6.45, 7) is -3.68. The second-order valence-electron chi connectivity index (χ2n) is 6.19. The molecule has 11 nitrogen and oxygen atoms in total. The van der Waals surface area contributed by atoms with E-state index in [0.717, 1.165) is 19.2 Å². The second kappa shape index (κ2) is 8.67. The van der Waals surface area contributed by atoms with Crippen LogP contribution in [-0.2, 0) is 26.2 Å². The van der Waals surface area contributed by atoms with Gasteiger partial charge in [0.15, 0.2) is 11.5 Å². The molecule has 0 N–H and O–H groups in total. The van der Waals surface area contributed by atoms with Crippen LogP contribution in [0.3, 0.4) is 0 Å². The van der Waals surface area contributed by atoms with E-state index < -0.39 is 45.6 Å². The minimum Gasteiger partial charge on any atom is -0.493 e. The number of amidine groups is 1. The highest BCUT2D eigenvalue weighted by molar-refractivity contribution is 7.90. The molecule has 0 atom stereocenters. The number of hydrogen-bond acceptors (Lipinski definition) is 9. The van der Waals surface area contributed by atoms with Gasteiger partial charge in [0.1, 0.15) is 12.4 Å². The first-order valence-electron chi connectivity index (χ1n) is 8.56. The first kappa shape index (κ1) is 22.1. The molecule has 0 bridgehead atoms. The van der Waals surface area contributed by atoms with Gasteiger partial charge in [-0.3, -0.25) is 10.1 Å². The van der Waals surface area contributed by atoms with Crippen LogP contribution in [0.1, 0.15) is 5.56 Å². The van der Waals surface area contributed by atoms with E-state index in [4.69, 9.17) is 9.47 Å². The second-order valence-corrected chi connectivity index (χ2v) is 7.94. The molecule has 14 heteroatoms. The molecule has 0 fully saturated rings. The Morgan fingerprint density at radius 1 is 1.32 bits per heavy atom. The van der Waals surface area contributed by atoms with Gasteiger partial charge in [-0.05, 0) is 18.2 Å². The van der Waals surface area contributed by atoms with E-state index in [1.54, 1.807) is 0 Å². The molecule has 1 aromatic rings. The van der Waals surface area contributed by atoms with E-state index in [9.17, 15) is 32.1 Å². The largest absolute Gasteiger partial charge is 0.493 e. The van der Waals surface area contributed by atoms with Crippen molar-refractivity contribution in [1.29, 1.82) is 0 Å². The van der Waals surface area contributed by atoms with E-state index in [1.807, 2.05) is 0 Å². The van der Waals surface area contributed by atoms with E-state index in [0.29, 0.717) is 0 Å². The lowest BCUT2D eigenvalue weighted by atomic mass is 10.1. The quantitative estimate of drug-likeness (QED) is 0.339. The molecular weight excluding hydrogens is 444 g/mol. The van der Waals surface area contributed by atoms with Gasteiger partial charge >= 0.3 is 12.6 Å². The Balaban J connectivity index is 1.78. The third-order valence-corrected chi connectivity index (χ3v) is 5.36. The standard InChI is InChI=1S/C17H15F2N3O8S/c1-28-13-6-11(12(22(24)25)7-14(13)30-17(18)19)9-29-16(23)10-2-3-15-20-31(26,27)5-4-21(15)8-10/h2-3,6-8,17H,4-5,9H2,1H3. The van der Waals surface area contributed by atoms with E-state index >= 15 is 0 Å². The molecule has 0 saturated heterocycles. The van der Waals surface area contributed by atoms with Crippen LogP contribution in [-0.4, -0.2) is 56.1 Å². The summed E-state index contributed by atoms with van der Waals surface area (Å²) >= 11 is 0. The monoisotopic (exact) mass is 459 g/mol. The molecule has 0 saturated carbocycles. The van der Waals surface area contributed by atoms with Gasteiger partial charge in [-0.1, -0.05) is 0 Å². The van der Waals surface area contributed by atoms with Crippen LogP contribution >= 0.6 is 0 Å². The van der Waals surface area contributed by atoms with Gasteiger partial charge in [0.25, 0.3) is 15.7 Å². The molecule has 0 spiro atoms. The van der Waals surface area contributed by atoms with Crippen LogP contribution in [0.15, 0.2) is 40.5 Å². The first-order valence-corrected chi connectivity index (χ1v) is 10.2. The zero-order chi connectivity index (χ0) is 22.8. The molecule has 166 valence electrons. The van der Waals surface area contributed by atoms with Gasteiger partial charge in [0.05, 0.1) is 35.0 Å². The van der Waals surface area contributed by atoms with Crippen LogP contribution in [0.5, 0.6) is 11.5 Å². The minimum atomic E-state index is -3.55. The topological polar surface area (TPSA) is 138 Å². The predicted octanol–water partition coefficient (Wildman–Crippen LogP) is 1.75. The third kappa shape index (κ3) is 5.14. The Labute approximate surface area is 174 Å². The predicted molar refractivity (Wildman–Crippen MR) is 101 cm³/mol. The molecule has 0 radical (unpaired) electrons. The summed E-state index contributed by atoms with van der Waals surface area (Å²) in [6, 6.07) is 1.82. The Bertz CT molecular complexity index is 1110. The van der Waals surface area contributed by atoms with Crippen molar-refractivity contribution in [3.8, 4) is 11.5 Å². The van der Waals surface area contributed by atoms with Crippen molar-refractivity contribution >= 4 is 27.5 Å². The van der Waals surface area contributed by atoms with Crippen LogP contribution in [0.25, 0.3) is 0 Å². The minimum absolute atomic E-state index is 0.0607. The number of nitrogens with zero attached hydrogens (tertiary/aromatic N) is 3. The molecule has 2 aliphatic rings. The number of hydrogen-bond donors (Lipinski definition) is 0. The Morgan fingerprint density at radius 2 is 2.06 bits per heavy atom. The van der Waals surface area contributed by atoms with Gasteiger partial charge in [-0.25, -0.2) is 13.2 Å². The van der Waals surface area contributed by atoms with Crippen molar-refractivity contribution < 1.29 is 41.1 Å². The molecule has 1 aromatic carbocycles. The fourth-order valence-corrected chi connectivity index (χ4v) is 3.74. The van der Waals surface area contributed by atoms with Gasteiger partial charge in [0, 0.05) is 12.7 Å². The average Bonchev–Trinajstić information content (AvgIpc) is 2.70. The highest BCUT2D eigenvalue weighted by Crippen LogP contribution is 2.36. The van der Waals surface area contributed by atoms with Crippen LogP contribution in [0.4, 0.5) is 14.5 Å². The molecular formula is C17H15F2N3O8S. The summed E-state index contributed by atoms with van der Waals surface area (Å²) in [5.41, 5.74) is -0.651. The number of nitro benzene ring substituents is 1. The number of halogens is 2. The van der Waals surface area contributed by atoms with Crippen molar-refractivity contribution in [1.82, 2.24) is 4.90 Å². The number of fused-ring (bicyclic) bond motifs is 1. The number of nitro groups is 1. The zero-order valence-electron chi connectivity index (χ0n) is 15.9. The molecule has 3 rings (SSSR count). The molecule has 0 aliphatic carbocycles. The highest BCUT2D eigenvalue weighted by Gasteiger charge is 2.26. The van der Waals surface area contributed by atoms with E-state index in [2.05, 4.69) is 9.13 Å². The summed E-state index contributed by atoms with van der Waals surface area (Å²) < 4.78 is 65.9. The lowest BCUT2D eigenvalue weighted by Gasteiger charge is -2.26. The number of esters is 1. The smallest absolute Gasteiger partial charge is 0.387 e. The van der Waals surface area contributed by atoms with Crippen LogP contribution in [0, 0.1) is 10.1 Å². The molecule has 2 heterocycles.